The van der Waals surface area contributed by atoms with Crippen molar-refractivity contribution in [3.05, 3.63) is 12.7 Å². The van der Waals surface area contributed by atoms with Gasteiger partial charge in [0.1, 0.15) is 6.10 Å². The summed E-state index contributed by atoms with van der Waals surface area (Å²) in [5.41, 5.74) is 5.34. The third-order valence-corrected chi connectivity index (χ3v) is 1.99. The Bertz CT molecular complexity index is 189. The maximum atomic E-state index is 11.4. The lowest BCUT2D eigenvalue weighted by atomic mass is 10.3. The van der Waals surface area contributed by atoms with Crippen LogP contribution < -0.4 is 11.1 Å². The maximum absolute atomic E-state index is 11.4. The summed E-state index contributed by atoms with van der Waals surface area (Å²) in [4.78, 5) is 11.4. The molecule has 0 radical (unpaired) electrons. The van der Waals surface area contributed by atoms with Crippen molar-refractivity contribution >= 4 is 18.3 Å². The van der Waals surface area contributed by atoms with Crippen molar-refractivity contribution in [2.24, 2.45) is 5.73 Å². The van der Waals surface area contributed by atoms with Crippen LogP contribution in [0.25, 0.3) is 0 Å². The second-order valence-corrected chi connectivity index (χ2v) is 3.38. The van der Waals surface area contributed by atoms with E-state index in [4.69, 9.17) is 10.5 Å². The Hall–Kier alpha value is -0.580. The van der Waals surface area contributed by atoms with Crippen LogP contribution in [0.2, 0.25) is 0 Å². The van der Waals surface area contributed by atoms with E-state index in [9.17, 15) is 4.79 Å². The van der Waals surface area contributed by atoms with Gasteiger partial charge in [-0.2, -0.15) is 0 Å². The van der Waals surface area contributed by atoms with E-state index in [1.807, 2.05) is 0 Å². The number of rotatable bonds is 9. The van der Waals surface area contributed by atoms with Crippen molar-refractivity contribution in [1.29, 1.82) is 0 Å². The summed E-state index contributed by atoms with van der Waals surface area (Å²) >= 11 is 0. The summed E-state index contributed by atoms with van der Waals surface area (Å²) in [5, 5.41) is 2.80. The normalized spacial score (nSPS) is 11.4. The van der Waals surface area contributed by atoms with E-state index in [1.54, 1.807) is 13.0 Å². The molecule has 0 bridgehead atoms. The molecule has 0 rings (SSSR count). The summed E-state index contributed by atoms with van der Waals surface area (Å²) < 4.78 is 5.29. The number of nitrogens with two attached hydrogens (primary N) is 1. The zero-order chi connectivity index (χ0) is 11.5. The molecule has 1 amide bonds. The molecule has 96 valence electrons. The fourth-order valence-electron chi connectivity index (χ4n) is 1.03. The molecule has 0 aliphatic rings. The summed E-state index contributed by atoms with van der Waals surface area (Å²) in [6.07, 6.45) is 4.01. The highest BCUT2D eigenvalue weighted by molar-refractivity contribution is 5.85. The Morgan fingerprint density at radius 3 is 2.81 bits per heavy atom. The third kappa shape index (κ3) is 9.96. The average Bonchev–Trinajstić information content (AvgIpc) is 2.24. The fourth-order valence-corrected chi connectivity index (χ4v) is 1.03. The van der Waals surface area contributed by atoms with Crippen molar-refractivity contribution in [3.8, 4) is 0 Å². The molecule has 0 aliphatic heterocycles. The Labute approximate surface area is 104 Å². The highest BCUT2D eigenvalue weighted by Gasteiger charge is 2.11. The number of halogens is 1. The van der Waals surface area contributed by atoms with Crippen LogP contribution in [0.5, 0.6) is 0 Å². The quantitative estimate of drug-likeness (QED) is 0.478. The van der Waals surface area contributed by atoms with Gasteiger partial charge < -0.3 is 15.8 Å². The number of hydrogen-bond donors (Lipinski definition) is 2. The highest BCUT2D eigenvalue weighted by Crippen LogP contribution is 1.93. The molecule has 3 N–H and O–H groups in total. The molecule has 0 fully saturated rings. The van der Waals surface area contributed by atoms with Crippen LogP contribution in [0.1, 0.15) is 26.2 Å². The van der Waals surface area contributed by atoms with E-state index in [0.717, 1.165) is 19.3 Å². The second-order valence-electron chi connectivity index (χ2n) is 3.38. The molecular weight excluding hydrogens is 228 g/mol. The number of carbonyl (C=O) groups is 1. The maximum Gasteiger partial charge on any atom is 0.248 e. The number of carbonyl (C=O) groups excluding carboxylic acids is 1. The number of unbranched alkanes of at least 4 members (excludes halogenated alkanes) is 1. The molecule has 0 saturated carbocycles. The summed E-state index contributed by atoms with van der Waals surface area (Å²) in [7, 11) is 0. The first-order chi connectivity index (χ1) is 7.22. The largest absolute Gasteiger partial charge is 0.368 e. The topological polar surface area (TPSA) is 64.3 Å². The van der Waals surface area contributed by atoms with Gasteiger partial charge in [0.05, 0.1) is 6.61 Å². The summed E-state index contributed by atoms with van der Waals surface area (Å²) in [5.74, 6) is -0.0592. The van der Waals surface area contributed by atoms with E-state index in [1.165, 1.54) is 0 Å². The minimum Gasteiger partial charge on any atom is -0.368 e. The first kappa shape index (κ1) is 17.8. The van der Waals surface area contributed by atoms with Gasteiger partial charge in [-0.3, -0.25) is 4.79 Å². The zero-order valence-corrected chi connectivity index (χ0v) is 10.7. The molecule has 0 aromatic carbocycles. The molecule has 0 aromatic rings. The SMILES string of the molecule is C=CCCOC(C)C(=O)NCCCCN.Cl. The number of ether oxygens (including phenoxy) is 1. The smallest absolute Gasteiger partial charge is 0.248 e. The van der Waals surface area contributed by atoms with Crippen LogP contribution in [-0.2, 0) is 9.53 Å². The number of nitrogens with one attached hydrogen (secondary N) is 1. The molecule has 1 unspecified atom stereocenters. The van der Waals surface area contributed by atoms with Crippen LogP contribution in [0.4, 0.5) is 0 Å². The van der Waals surface area contributed by atoms with Gasteiger partial charge in [-0.25, -0.2) is 0 Å². The lowest BCUT2D eigenvalue weighted by Gasteiger charge is -2.12. The fraction of sp³-hybridized carbons (Fsp3) is 0.727. The van der Waals surface area contributed by atoms with Gasteiger partial charge >= 0.3 is 0 Å². The van der Waals surface area contributed by atoms with Gasteiger partial charge in [0.2, 0.25) is 5.91 Å². The number of amides is 1. The minimum atomic E-state index is -0.386. The lowest BCUT2D eigenvalue weighted by Crippen LogP contribution is -2.35. The van der Waals surface area contributed by atoms with Crippen LogP contribution in [-0.4, -0.2) is 31.7 Å². The molecule has 0 spiro atoms. The molecule has 0 heterocycles. The van der Waals surface area contributed by atoms with Gasteiger partial charge in [0.15, 0.2) is 0 Å². The average molecular weight is 251 g/mol. The van der Waals surface area contributed by atoms with Gasteiger partial charge in [-0.15, -0.1) is 19.0 Å². The predicted molar refractivity (Wildman–Crippen MR) is 68.8 cm³/mol. The van der Waals surface area contributed by atoms with Crippen LogP contribution >= 0.6 is 12.4 Å². The lowest BCUT2D eigenvalue weighted by molar-refractivity contribution is -0.131. The third-order valence-electron chi connectivity index (χ3n) is 1.99. The van der Waals surface area contributed by atoms with E-state index >= 15 is 0 Å². The molecule has 4 nitrogen and oxygen atoms in total. The highest BCUT2D eigenvalue weighted by atomic mass is 35.5. The molecule has 0 saturated heterocycles. The Kier molecular flexibility index (Phi) is 13.9. The zero-order valence-electron chi connectivity index (χ0n) is 9.91. The van der Waals surface area contributed by atoms with E-state index in [2.05, 4.69) is 11.9 Å². The van der Waals surface area contributed by atoms with Gasteiger partial charge in [0, 0.05) is 6.54 Å². The summed E-state index contributed by atoms with van der Waals surface area (Å²) in [6.45, 7) is 7.21. The minimum absolute atomic E-state index is 0. The Balaban J connectivity index is 0. The number of hydrogen-bond acceptors (Lipinski definition) is 3. The van der Waals surface area contributed by atoms with Crippen molar-refractivity contribution in [2.75, 3.05) is 19.7 Å². The van der Waals surface area contributed by atoms with Crippen molar-refractivity contribution in [2.45, 2.75) is 32.3 Å². The molecule has 0 aliphatic carbocycles. The predicted octanol–water partition coefficient (Wildman–Crippen LogP) is 1.24. The molecule has 0 aromatic heterocycles. The monoisotopic (exact) mass is 250 g/mol. The van der Waals surface area contributed by atoms with E-state index < -0.39 is 0 Å². The van der Waals surface area contributed by atoms with Crippen LogP contribution in [0.15, 0.2) is 12.7 Å². The molecule has 1 atom stereocenters. The van der Waals surface area contributed by atoms with Crippen molar-refractivity contribution in [3.63, 3.8) is 0 Å². The first-order valence-corrected chi connectivity index (χ1v) is 5.42. The molecule has 5 heteroatoms. The standard InChI is InChI=1S/C11H22N2O2.ClH/c1-3-4-9-15-10(2)11(14)13-8-6-5-7-12;/h3,10H,1,4-9,12H2,2H3,(H,13,14);1H. The van der Waals surface area contributed by atoms with Gasteiger partial charge in [-0.05, 0) is 32.7 Å². The second kappa shape index (κ2) is 12.5. The first-order valence-electron chi connectivity index (χ1n) is 5.42. The molecular formula is C11H23ClN2O2. The van der Waals surface area contributed by atoms with Crippen LogP contribution in [0, 0.1) is 0 Å². The van der Waals surface area contributed by atoms with E-state index in [0.29, 0.717) is 19.7 Å². The van der Waals surface area contributed by atoms with Crippen molar-refractivity contribution in [1.82, 2.24) is 5.32 Å². The molecule has 16 heavy (non-hydrogen) atoms. The van der Waals surface area contributed by atoms with Crippen molar-refractivity contribution < 1.29 is 9.53 Å². The van der Waals surface area contributed by atoms with Crippen LogP contribution in [0.3, 0.4) is 0 Å². The van der Waals surface area contributed by atoms with E-state index in [-0.39, 0.29) is 24.4 Å². The summed E-state index contributed by atoms with van der Waals surface area (Å²) in [6, 6.07) is 0. The Morgan fingerprint density at radius 1 is 1.56 bits per heavy atom. The Morgan fingerprint density at radius 2 is 2.25 bits per heavy atom. The van der Waals surface area contributed by atoms with Gasteiger partial charge in [-0.1, -0.05) is 6.08 Å². The van der Waals surface area contributed by atoms with Gasteiger partial charge in [0.25, 0.3) is 0 Å².